The lowest BCUT2D eigenvalue weighted by Crippen LogP contribution is -2.27. The fourth-order valence-electron chi connectivity index (χ4n) is 2.01. The molecule has 0 aliphatic carbocycles. The zero-order valence-corrected chi connectivity index (χ0v) is 13.5. The normalized spacial score (nSPS) is 12.1. The van der Waals surface area contributed by atoms with E-state index in [0.717, 1.165) is 10.6 Å². The number of thiophene rings is 1. The van der Waals surface area contributed by atoms with E-state index >= 15 is 0 Å². The van der Waals surface area contributed by atoms with Gasteiger partial charge < -0.3 is 10.4 Å². The van der Waals surface area contributed by atoms with E-state index in [1.165, 1.54) is 35.7 Å². The third-order valence-corrected chi connectivity index (χ3v) is 4.92. The molecular formula is C16H13FN2O2S2. The Kier molecular flexibility index (Phi) is 4.80. The van der Waals surface area contributed by atoms with Crippen LogP contribution in [0.25, 0.3) is 10.6 Å². The number of nitrogens with one attached hydrogen (secondary N) is 1. The molecule has 2 aromatic heterocycles. The molecule has 0 unspecified atom stereocenters. The number of benzene rings is 1. The molecular weight excluding hydrogens is 335 g/mol. The first kappa shape index (κ1) is 15.8. The number of thiazole rings is 1. The minimum absolute atomic E-state index is 0.00791. The van der Waals surface area contributed by atoms with Crippen molar-refractivity contribution >= 4 is 28.6 Å². The molecule has 2 heterocycles. The fraction of sp³-hybridized carbons (Fsp3) is 0.125. The number of amides is 1. The molecule has 4 nitrogen and oxygen atoms in total. The van der Waals surface area contributed by atoms with Crippen molar-refractivity contribution < 1.29 is 14.3 Å². The van der Waals surface area contributed by atoms with E-state index in [4.69, 9.17) is 0 Å². The SMILES string of the molecule is O=C(NC[C@@H](O)c1cccc(F)c1)c1cnc(-c2ccsc2)s1. The van der Waals surface area contributed by atoms with Crippen molar-refractivity contribution in [2.75, 3.05) is 6.54 Å². The van der Waals surface area contributed by atoms with Crippen LogP contribution in [0, 0.1) is 5.82 Å². The van der Waals surface area contributed by atoms with Crippen molar-refractivity contribution in [1.82, 2.24) is 10.3 Å². The number of halogens is 1. The standard InChI is InChI=1S/C16H13FN2O2S2/c17-12-3-1-2-10(6-12)13(20)7-18-15(21)14-8-19-16(23-14)11-4-5-22-9-11/h1-6,8-9,13,20H,7H2,(H,18,21)/t13-/m1/s1. The molecule has 0 saturated carbocycles. The maximum atomic E-state index is 13.1. The van der Waals surface area contributed by atoms with Gasteiger partial charge in [-0.25, -0.2) is 9.37 Å². The molecule has 0 aliphatic rings. The Morgan fingerprint density at radius 2 is 2.26 bits per heavy atom. The van der Waals surface area contributed by atoms with Gasteiger partial charge in [-0.15, -0.1) is 11.3 Å². The third kappa shape index (κ3) is 3.82. The monoisotopic (exact) mass is 348 g/mol. The zero-order chi connectivity index (χ0) is 16.2. The van der Waals surface area contributed by atoms with Crippen LogP contribution in [-0.2, 0) is 0 Å². The maximum Gasteiger partial charge on any atom is 0.263 e. The number of aliphatic hydroxyl groups excluding tert-OH is 1. The van der Waals surface area contributed by atoms with Gasteiger partial charge in [0.1, 0.15) is 15.7 Å². The first-order chi connectivity index (χ1) is 11.1. The molecule has 1 amide bonds. The number of carbonyl (C=O) groups excluding carboxylic acids is 1. The highest BCUT2D eigenvalue weighted by molar-refractivity contribution is 7.17. The molecule has 0 bridgehead atoms. The first-order valence-corrected chi connectivity index (χ1v) is 8.59. The van der Waals surface area contributed by atoms with Crippen LogP contribution in [0.5, 0.6) is 0 Å². The summed E-state index contributed by atoms with van der Waals surface area (Å²) in [4.78, 5) is 16.8. The fourth-order valence-corrected chi connectivity index (χ4v) is 3.55. The molecule has 0 saturated heterocycles. The maximum absolute atomic E-state index is 13.1. The van der Waals surface area contributed by atoms with Gasteiger partial charge in [0.25, 0.3) is 5.91 Å². The number of hydrogen-bond acceptors (Lipinski definition) is 5. The average molecular weight is 348 g/mol. The number of aliphatic hydroxyl groups is 1. The predicted molar refractivity (Wildman–Crippen MR) is 89.1 cm³/mol. The summed E-state index contributed by atoms with van der Waals surface area (Å²) in [5, 5.41) is 17.3. The lowest BCUT2D eigenvalue weighted by Gasteiger charge is -2.11. The molecule has 0 aliphatic heterocycles. The summed E-state index contributed by atoms with van der Waals surface area (Å²) in [7, 11) is 0. The molecule has 118 valence electrons. The second kappa shape index (κ2) is 6.99. The van der Waals surface area contributed by atoms with Gasteiger partial charge in [-0.2, -0.15) is 11.3 Å². The number of hydrogen-bond donors (Lipinski definition) is 2. The Labute approximate surface area is 140 Å². The largest absolute Gasteiger partial charge is 0.387 e. The van der Waals surface area contributed by atoms with Gasteiger partial charge >= 0.3 is 0 Å². The van der Waals surface area contributed by atoms with E-state index in [2.05, 4.69) is 10.3 Å². The van der Waals surface area contributed by atoms with Crippen LogP contribution in [-0.4, -0.2) is 22.5 Å². The van der Waals surface area contributed by atoms with E-state index in [-0.39, 0.29) is 12.5 Å². The van der Waals surface area contributed by atoms with Gasteiger partial charge in [-0.3, -0.25) is 4.79 Å². The summed E-state index contributed by atoms with van der Waals surface area (Å²) in [6.45, 7) is 0.00791. The number of nitrogens with zero attached hydrogens (tertiary/aromatic N) is 1. The molecule has 0 radical (unpaired) electrons. The number of carbonyl (C=O) groups is 1. The minimum Gasteiger partial charge on any atom is -0.387 e. The quantitative estimate of drug-likeness (QED) is 0.742. The zero-order valence-electron chi connectivity index (χ0n) is 11.9. The van der Waals surface area contributed by atoms with Crippen molar-refractivity contribution in [1.29, 1.82) is 0 Å². The molecule has 1 aromatic carbocycles. The summed E-state index contributed by atoms with van der Waals surface area (Å²) in [5.74, 6) is -0.727. The number of rotatable bonds is 5. The molecule has 1 atom stereocenters. The Morgan fingerprint density at radius 3 is 3.00 bits per heavy atom. The van der Waals surface area contributed by atoms with Crippen LogP contribution in [0.15, 0.2) is 47.3 Å². The molecule has 23 heavy (non-hydrogen) atoms. The van der Waals surface area contributed by atoms with Crippen LogP contribution in [0.4, 0.5) is 4.39 Å². The van der Waals surface area contributed by atoms with Gasteiger partial charge in [0, 0.05) is 17.5 Å². The van der Waals surface area contributed by atoms with Gasteiger partial charge in [0.05, 0.1) is 12.3 Å². The Bertz CT molecular complexity index is 802. The summed E-state index contributed by atoms with van der Waals surface area (Å²) in [5.41, 5.74) is 1.41. The van der Waals surface area contributed by atoms with Crippen molar-refractivity contribution in [2.45, 2.75) is 6.10 Å². The van der Waals surface area contributed by atoms with Crippen molar-refractivity contribution in [3.8, 4) is 10.6 Å². The molecule has 0 fully saturated rings. The molecule has 3 aromatic rings. The molecule has 2 N–H and O–H groups in total. The summed E-state index contributed by atoms with van der Waals surface area (Å²) in [6, 6.07) is 7.63. The smallest absolute Gasteiger partial charge is 0.263 e. The molecule has 7 heteroatoms. The number of aromatic nitrogens is 1. The van der Waals surface area contributed by atoms with Gasteiger partial charge in [0.15, 0.2) is 0 Å². The lowest BCUT2D eigenvalue weighted by molar-refractivity contribution is 0.0920. The highest BCUT2D eigenvalue weighted by atomic mass is 32.1. The lowest BCUT2D eigenvalue weighted by atomic mass is 10.1. The van der Waals surface area contributed by atoms with Crippen molar-refractivity contribution in [3.63, 3.8) is 0 Å². The second-order valence-electron chi connectivity index (χ2n) is 4.82. The molecule has 0 spiro atoms. The van der Waals surface area contributed by atoms with Crippen molar-refractivity contribution in [2.24, 2.45) is 0 Å². The summed E-state index contributed by atoms with van der Waals surface area (Å²) < 4.78 is 13.1. The first-order valence-electron chi connectivity index (χ1n) is 6.83. The van der Waals surface area contributed by atoms with E-state index in [1.54, 1.807) is 17.4 Å². The Hall–Kier alpha value is -2.09. The average Bonchev–Trinajstić information content (AvgIpc) is 3.22. The van der Waals surface area contributed by atoms with E-state index in [1.807, 2.05) is 16.8 Å². The minimum atomic E-state index is -0.959. The van der Waals surface area contributed by atoms with Gasteiger partial charge in [-0.1, -0.05) is 12.1 Å². The van der Waals surface area contributed by atoms with Gasteiger partial charge in [0.2, 0.25) is 0 Å². The van der Waals surface area contributed by atoms with Crippen LogP contribution in [0.1, 0.15) is 21.3 Å². The molecule has 3 rings (SSSR count). The highest BCUT2D eigenvalue weighted by Crippen LogP contribution is 2.26. The van der Waals surface area contributed by atoms with E-state index in [9.17, 15) is 14.3 Å². The van der Waals surface area contributed by atoms with Crippen molar-refractivity contribution in [3.05, 3.63) is 63.5 Å². The summed E-state index contributed by atoms with van der Waals surface area (Å²) in [6.07, 6.45) is 0.556. The Morgan fingerprint density at radius 1 is 1.39 bits per heavy atom. The van der Waals surface area contributed by atoms with E-state index in [0.29, 0.717) is 10.4 Å². The second-order valence-corrected chi connectivity index (χ2v) is 6.63. The van der Waals surface area contributed by atoms with Gasteiger partial charge in [-0.05, 0) is 29.1 Å². The third-order valence-electron chi connectivity index (χ3n) is 3.19. The van der Waals surface area contributed by atoms with Crippen LogP contribution < -0.4 is 5.32 Å². The summed E-state index contributed by atoms with van der Waals surface area (Å²) >= 11 is 2.86. The van der Waals surface area contributed by atoms with Crippen LogP contribution in [0.2, 0.25) is 0 Å². The predicted octanol–water partition coefficient (Wildman–Crippen LogP) is 3.47. The van der Waals surface area contributed by atoms with E-state index < -0.39 is 11.9 Å². The Balaban J connectivity index is 1.61. The van der Waals surface area contributed by atoms with Crippen LogP contribution in [0.3, 0.4) is 0 Å². The van der Waals surface area contributed by atoms with Crippen LogP contribution >= 0.6 is 22.7 Å². The highest BCUT2D eigenvalue weighted by Gasteiger charge is 2.14. The topological polar surface area (TPSA) is 62.2 Å².